The van der Waals surface area contributed by atoms with E-state index >= 15 is 0 Å². The van der Waals surface area contributed by atoms with Crippen LogP contribution in [0.5, 0.6) is 0 Å². The number of hydrogen-bond acceptors (Lipinski definition) is 5. The highest BCUT2D eigenvalue weighted by molar-refractivity contribution is 6.10. The first-order valence-corrected chi connectivity index (χ1v) is 11.6. The molecule has 0 spiro atoms. The lowest BCUT2D eigenvalue weighted by Gasteiger charge is -2.33. The summed E-state index contributed by atoms with van der Waals surface area (Å²) in [5.41, 5.74) is 7.68. The van der Waals surface area contributed by atoms with E-state index in [0.717, 1.165) is 22.8 Å². The van der Waals surface area contributed by atoms with Gasteiger partial charge in [0.05, 0.1) is 11.6 Å². The van der Waals surface area contributed by atoms with Gasteiger partial charge in [0.25, 0.3) is 0 Å². The number of ketones is 1. The van der Waals surface area contributed by atoms with Crippen molar-refractivity contribution in [1.29, 1.82) is 5.26 Å². The molecule has 2 aliphatic heterocycles. The molecule has 0 saturated carbocycles. The zero-order valence-corrected chi connectivity index (χ0v) is 20.6. The summed E-state index contributed by atoms with van der Waals surface area (Å²) < 4.78 is 0. The maximum atomic E-state index is 13.5. The number of nitriles is 1. The number of rotatable bonds is 3. The van der Waals surface area contributed by atoms with E-state index in [1.807, 2.05) is 44.4 Å². The van der Waals surface area contributed by atoms with Crippen molar-refractivity contribution in [2.24, 2.45) is 5.92 Å². The number of likely N-dealkylation sites (N-methyl/N-ethyl adjacent to an activating group) is 2. The van der Waals surface area contributed by atoms with Crippen LogP contribution in [0, 0.1) is 17.4 Å². The normalized spacial score (nSPS) is 24.3. The molecule has 5 heteroatoms. The lowest BCUT2D eigenvalue weighted by atomic mass is 9.75. The average molecular weight is 451 g/mol. The Bertz CT molecular complexity index is 1350. The van der Waals surface area contributed by atoms with Crippen LogP contribution in [0.1, 0.15) is 38.8 Å². The zero-order valence-electron chi connectivity index (χ0n) is 20.6. The number of Topliss-reactive ketones (excluding diaryl/α,β-unsaturated/α-hetero) is 1. The predicted octanol–water partition coefficient (Wildman–Crippen LogP) is 5.13. The summed E-state index contributed by atoms with van der Waals surface area (Å²) in [5, 5.41) is 12.3. The maximum Gasteiger partial charge on any atom is 0.181 e. The number of allylic oxidation sites excluding steroid dienone is 5. The van der Waals surface area contributed by atoms with Crippen molar-refractivity contribution in [2.45, 2.75) is 38.5 Å². The van der Waals surface area contributed by atoms with Gasteiger partial charge in [0, 0.05) is 53.3 Å². The summed E-state index contributed by atoms with van der Waals surface area (Å²) >= 11 is 0. The molecule has 0 bridgehead atoms. The lowest BCUT2D eigenvalue weighted by Crippen LogP contribution is -2.38. The Labute approximate surface area is 201 Å². The fraction of sp³-hybridized carbons (Fsp3) is 0.310. The quantitative estimate of drug-likeness (QED) is 0.519. The van der Waals surface area contributed by atoms with Crippen LogP contribution in [0.2, 0.25) is 0 Å². The summed E-state index contributed by atoms with van der Waals surface area (Å²) in [6, 6.07) is 16.7. The minimum Gasteiger partial charge on any atom is -0.347 e. The van der Waals surface area contributed by atoms with Crippen LogP contribution in [0.4, 0.5) is 11.4 Å². The molecule has 5 nitrogen and oxygen atoms in total. The second-order valence-corrected chi connectivity index (χ2v) is 10.4. The van der Waals surface area contributed by atoms with E-state index in [4.69, 9.17) is 0 Å². The van der Waals surface area contributed by atoms with Gasteiger partial charge in [-0.15, -0.1) is 0 Å². The molecule has 1 unspecified atom stereocenters. The van der Waals surface area contributed by atoms with Crippen molar-refractivity contribution in [2.75, 3.05) is 23.9 Å². The van der Waals surface area contributed by atoms with E-state index in [9.17, 15) is 10.1 Å². The molecule has 5 rings (SSSR count). The number of carbonyl (C=O) groups is 1. The van der Waals surface area contributed by atoms with Crippen molar-refractivity contribution in [3.8, 4) is 6.19 Å². The molecular weight excluding hydrogens is 420 g/mol. The van der Waals surface area contributed by atoms with Gasteiger partial charge >= 0.3 is 0 Å². The van der Waals surface area contributed by atoms with Gasteiger partial charge in [-0.3, -0.25) is 10.1 Å². The molecule has 0 fully saturated rings. The van der Waals surface area contributed by atoms with Crippen LogP contribution < -0.4 is 15.1 Å². The van der Waals surface area contributed by atoms with Crippen LogP contribution in [0.3, 0.4) is 0 Å². The lowest BCUT2D eigenvalue weighted by molar-refractivity contribution is -0.118. The Morgan fingerprint density at radius 1 is 0.882 bits per heavy atom. The fourth-order valence-corrected chi connectivity index (χ4v) is 5.89. The van der Waals surface area contributed by atoms with Crippen LogP contribution in [-0.2, 0) is 15.6 Å². The van der Waals surface area contributed by atoms with Crippen LogP contribution in [-0.4, -0.2) is 19.9 Å². The van der Waals surface area contributed by atoms with E-state index in [2.05, 4.69) is 79.3 Å². The number of fused-ring (bicyclic) bond motifs is 2. The predicted molar refractivity (Wildman–Crippen MR) is 136 cm³/mol. The van der Waals surface area contributed by atoms with E-state index in [-0.39, 0.29) is 16.6 Å². The minimum absolute atomic E-state index is 0.0399. The summed E-state index contributed by atoms with van der Waals surface area (Å²) in [4.78, 5) is 17.8. The van der Waals surface area contributed by atoms with Gasteiger partial charge in [-0.1, -0.05) is 64.1 Å². The molecule has 2 heterocycles. The number of para-hydroxylation sites is 2. The third-order valence-corrected chi connectivity index (χ3v) is 7.83. The van der Waals surface area contributed by atoms with Crippen molar-refractivity contribution >= 4 is 17.2 Å². The van der Waals surface area contributed by atoms with Gasteiger partial charge in [-0.2, -0.15) is 5.26 Å². The maximum absolute atomic E-state index is 13.5. The van der Waals surface area contributed by atoms with Crippen LogP contribution in [0.25, 0.3) is 0 Å². The standard InChI is InChI=1S/C29H30N4O/c1-28(2)20-11-7-9-13-22(20)32(5)24(28)15-18-26(31-17-30)19(27(18)34)16-25-29(3,4)21-12-8-10-14-23(21)33(25)6/h7-16,18,31H,1-6H3. The Morgan fingerprint density at radius 3 is 1.91 bits per heavy atom. The number of anilines is 2. The monoisotopic (exact) mass is 450 g/mol. The molecule has 34 heavy (non-hydrogen) atoms. The SMILES string of the molecule is CN1C(=CC2=C(NC#N)C(C=C3N(C)c4ccccc4C3(C)C)C2=O)C(C)(C)c2ccccc21. The third-order valence-electron chi connectivity index (χ3n) is 7.83. The highest BCUT2D eigenvalue weighted by atomic mass is 16.1. The Morgan fingerprint density at radius 2 is 1.38 bits per heavy atom. The summed E-state index contributed by atoms with van der Waals surface area (Å²) in [7, 11) is 4.08. The van der Waals surface area contributed by atoms with Crippen molar-refractivity contribution in [3.63, 3.8) is 0 Å². The first kappa shape index (κ1) is 22.0. The molecule has 0 saturated heterocycles. The second kappa shape index (κ2) is 7.36. The molecule has 2 aromatic rings. The van der Waals surface area contributed by atoms with Crippen LogP contribution >= 0.6 is 0 Å². The van der Waals surface area contributed by atoms with Crippen molar-refractivity contribution in [1.82, 2.24) is 5.32 Å². The van der Waals surface area contributed by atoms with Crippen molar-refractivity contribution < 1.29 is 4.79 Å². The molecule has 1 N–H and O–H groups in total. The van der Waals surface area contributed by atoms with Crippen LogP contribution in [0.15, 0.2) is 83.3 Å². The molecule has 3 aliphatic rings. The third kappa shape index (κ3) is 2.88. The highest BCUT2D eigenvalue weighted by Gasteiger charge is 2.45. The molecule has 0 aromatic heterocycles. The molecule has 0 amide bonds. The number of benzene rings is 2. The Kier molecular flexibility index (Phi) is 4.77. The molecular formula is C29H30N4O. The summed E-state index contributed by atoms with van der Waals surface area (Å²) in [6.07, 6.45) is 6.05. The first-order chi connectivity index (χ1) is 16.1. The van der Waals surface area contributed by atoms with Gasteiger partial charge in [-0.05, 0) is 35.4 Å². The molecule has 2 aromatic carbocycles. The van der Waals surface area contributed by atoms with E-state index < -0.39 is 5.92 Å². The van der Waals surface area contributed by atoms with E-state index in [1.54, 1.807) is 0 Å². The van der Waals surface area contributed by atoms with E-state index in [1.165, 1.54) is 11.1 Å². The minimum atomic E-state index is -0.463. The average Bonchev–Trinajstić information content (AvgIpc) is 3.13. The Hall–Kier alpha value is -3.78. The number of carbonyl (C=O) groups excluding carboxylic acids is 1. The fourth-order valence-electron chi connectivity index (χ4n) is 5.89. The molecule has 1 aliphatic carbocycles. The van der Waals surface area contributed by atoms with Gasteiger partial charge in [-0.25, -0.2) is 0 Å². The summed E-state index contributed by atoms with van der Waals surface area (Å²) in [5.74, 6) is -0.423. The Balaban J connectivity index is 1.57. The van der Waals surface area contributed by atoms with Gasteiger partial charge < -0.3 is 9.80 Å². The smallest absolute Gasteiger partial charge is 0.181 e. The topological polar surface area (TPSA) is 59.4 Å². The number of nitrogens with zero attached hydrogens (tertiary/aromatic N) is 3. The van der Waals surface area contributed by atoms with Gasteiger partial charge in [0.1, 0.15) is 0 Å². The molecule has 1 atom stereocenters. The largest absolute Gasteiger partial charge is 0.347 e. The molecule has 172 valence electrons. The highest BCUT2D eigenvalue weighted by Crippen LogP contribution is 2.50. The van der Waals surface area contributed by atoms with Gasteiger partial charge in [0.2, 0.25) is 0 Å². The van der Waals surface area contributed by atoms with E-state index in [0.29, 0.717) is 11.3 Å². The van der Waals surface area contributed by atoms with Crippen molar-refractivity contribution in [3.05, 3.63) is 94.5 Å². The molecule has 0 radical (unpaired) electrons. The van der Waals surface area contributed by atoms with Gasteiger partial charge in [0.15, 0.2) is 12.0 Å². The zero-order chi connectivity index (χ0) is 24.4. The number of hydrogen-bond donors (Lipinski definition) is 1. The summed E-state index contributed by atoms with van der Waals surface area (Å²) in [6.45, 7) is 8.72. The number of nitrogens with one attached hydrogen (secondary N) is 1. The first-order valence-electron chi connectivity index (χ1n) is 11.6. The second-order valence-electron chi connectivity index (χ2n) is 10.4.